The van der Waals surface area contributed by atoms with Gasteiger partial charge in [0.15, 0.2) is 5.05 Å². The zero-order valence-electron chi connectivity index (χ0n) is 11.1. The lowest BCUT2D eigenvalue weighted by Gasteiger charge is -2.07. The number of thiocarbonyl (C=S) groups is 1. The molecule has 0 heterocycles. The minimum absolute atomic E-state index is 0.827. The van der Waals surface area contributed by atoms with Crippen molar-refractivity contribution in [1.29, 1.82) is 0 Å². The summed E-state index contributed by atoms with van der Waals surface area (Å²) in [5, 5.41) is 0.827. The fourth-order valence-electron chi connectivity index (χ4n) is 1.66. The highest BCUT2D eigenvalue weighted by molar-refractivity contribution is 7.80. The Hall–Kier alpha value is -0.110. The second-order valence-electron chi connectivity index (χ2n) is 4.45. The largest absolute Gasteiger partial charge is 0.487 e. The zero-order valence-corrected chi connectivity index (χ0v) is 11.9. The Bertz CT molecular complexity index is 141. The van der Waals surface area contributed by atoms with E-state index < -0.39 is 0 Å². The quantitative estimate of drug-likeness (QED) is 0.361. The second-order valence-corrected chi connectivity index (χ2v) is 4.90. The Morgan fingerprint density at radius 1 is 0.812 bits per heavy atom. The summed E-state index contributed by atoms with van der Waals surface area (Å²) >= 11 is 5.19. The number of ether oxygens (including phenoxy) is 1. The first kappa shape index (κ1) is 15.9. The summed E-state index contributed by atoms with van der Waals surface area (Å²) in [7, 11) is 0. The molecule has 0 saturated heterocycles. The van der Waals surface area contributed by atoms with Gasteiger partial charge in [0, 0.05) is 6.42 Å². The van der Waals surface area contributed by atoms with Crippen LogP contribution in [0.1, 0.15) is 78.1 Å². The first-order chi connectivity index (χ1) is 7.81. The Kier molecular flexibility index (Phi) is 12.9. The predicted octanol–water partition coefficient (Wildman–Crippen LogP) is 5.27. The highest BCUT2D eigenvalue weighted by atomic mass is 32.1. The molecule has 1 nitrogen and oxygen atoms in total. The second kappa shape index (κ2) is 13.0. The first-order valence-corrected chi connectivity index (χ1v) is 7.37. The van der Waals surface area contributed by atoms with Crippen LogP contribution < -0.4 is 0 Å². The number of hydrogen-bond acceptors (Lipinski definition) is 2. The first-order valence-electron chi connectivity index (χ1n) is 6.96. The van der Waals surface area contributed by atoms with Gasteiger partial charge in [0.1, 0.15) is 0 Å². The van der Waals surface area contributed by atoms with Gasteiger partial charge in [-0.1, -0.05) is 58.8 Å². The van der Waals surface area contributed by atoms with Crippen LogP contribution in [0.2, 0.25) is 0 Å². The smallest absolute Gasteiger partial charge is 0.159 e. The zero-order chi connectivity index (χ0) is 12.1. The van der Waals surface area contributed by atoms with Gasteiger partial charge in [0.2, 0.25) is 0 Å². The third kappa shape index (κ3) is 12.0. The summed E-state index contributed by atoms with van der Waals surface area (Å²) in [5.41, 5.74) is 0. The van der Waals surface area contributed by atoms with Gasteiger partial charge >= 0.3 is 0 Å². The van der Waals surface area contributed by atoms with Gasteiger partial charge < -0.3 is 4.74 Å². The fraction of sp³-hybridized carbons (Fsp3) is 0.929. The van der Waals surface area contributed by atoms with Gasteiger partial charge in [-0.05, 0) is 25.1 Å². The van der Waals surface area contributed by atoms with E-state index in [4.69, 9.17) is 17.0 Å². The van der Waals surface area contributed by atoms with Gasteiger partial charge in [0.05, 0.1) is 6.61 Å². The van der Waals surface area contributed by atoms with Crippen molar-refractivity contribution in [2.75, 3.05) is 6.61 Å². The summed E-state index contributed by atoms with van der Waals surface area (Å²) in [4.78, 5) is 0. The van der Waals surface area contributed by atoms with Crippen molar-refractivity contribution in [2.24, 2.45) is 0 Å². The van der Waals surface area contributed by atoms with Crippen molar-refractivity contribution in [1.82, 2.24) is 0 Å². The lowest BCUT2D eigenvalue weighted by molar-refractivity contribution is 0.291. The SMILES string of the molecule is CCCCCCCC(=S)OCCCCCC. The molecule has 0 atom stereocenters. The standard InChI is InChI=1S/C14H28OS/c1-3-5-7-9-10-12-14(16)15-13-11-8-6-4-2/h3-13H2,1-2H3. The van der Waals surface area contributed by atoms with Gasteiger partial charge in [-0.15, -0.1) is 0 Å². The highest BCUT2D eigenvalue weighted by Crippen LogP contribution is 2.07. The van der Waals surface area contributed by atoms with E-state index in [0.717, 1.165) is 24.5 Å². The molecule has 0 aliphatic heterocycles. The van der Waals surface area contributed by atoms with Gasteiger partial charge in [0.25, 0.3) is 0 Å². The van der Waals surface area contributed by atoms with Crippen molar-refractivity contribution in [2.45, 2.75) is 78.1 Å². The molecule has 0 rings (SSSR count). The van der Waals surface area contributed by atoms with E-state index >= 15 is 0 Å². The third-order valence-electron chi connectivity index (χ3n) is 2.75. The molecule has 0 N–H and O–H groups in total. The third-order valence-corrected chi connectivity index (χ3v) is 3.07. The van der Waals surface area contributed by atoms with Crippen molar-refractivity contribution in [3.63, 3.8) is 0 Å². The molecular formula is C14H28OS. The van der Waals surface area contributed by atoms with E-state index in [-0.39, 0.29) is 0 Å². The summed E-state index contributed by atoms with van der Waals surface area (Å²) in [5.74, 6) is 0. The van der Waals surface area contributed by atoms with Crippen LogP contribution in [0.25, 0.3) is 0 Å². The average Bonchev–Trinajstić information content (AvgIpc) is 2.28. The average molecular weight is 244 g/mol. The highest BCUT2D eigenvalue weighted by Gasteiger charge is 1.98. The van der Waals surface area contributed by atoms with Crippen molar-refractivity contribution < 1.29 is 4.74 Å². The lowest BCUT2D eigenvalue weighted by atomic mass is 10.1. The minimum Gasteiger partial charge on any atom is -0.487 e. The van der Waals surface area contributed by atoms with Gasteiger partial charge in [-0.25, -0.2) is 0 Å². The molecule has 0 aromatic carbocycles. The van der Waals surface area contributed by atoms with E-state index in [2.05, 4.69) is 13.8 Å². The maximum Gasteiger partial charge on any atom is 0.159 e. The van der Waals surface area contributed by atoms with Crippen LogP contribution in [0.3, 0.4) is 0 Å². The van der Waals surface area contributed by atoms with Gasteiger partial charge in [-0.2, -0.15) is 0 Å². The molecule has 0 aromatic heterocycles. The normalized spacial score (nSPS) is 10.4. The topological polar surface area (TPSA) is 9.23 Å². The molecule has 0 aliphatic carbocycles. The fourth-order valence-corrected chi connectivity index (χ4v) is 1.89. The maximum atomic E-state index is 5.53. The molecule has 16 heavy (non-hydrogen) atoms. The molecule has 0 saturated carbocycles. The molecule has 96 valence electrons. The molecule has 0 bridgehead atoms. The Labute approximate surface area is 107 Å². The van der Waals surface area contributed by atoms with E-state index in [0.29, 0.717) is 0 Å². The Morgan fingerprint density at radius 3 is 2.00 bits per heavy atom. The number of hydrogen-bond donors (Lipinski definition) is 0. The molecule has 0 aliphatic rings. The van der Waals surface area contributed by atoms with Crippen LogP contribution >= 0.6 is 12.2 Å². The summed E-state index contributed by atoms with van der Waals surface area (Å²) in [6.45, 7) is 5.29. The van der Waals surface area contributed by atoms with Gasteiger partial charge in [-0.3, -0.25) is 0 Å². The van der Waals surface area contributed by atoms with E-state index in [1.807, 2.05) is 0 Å². The maximum absolute atomic E-state index is 5.53. The van der Waals surface area contributed by atoms with E-state index in [1.165, 1.54) is 51.4 Å². The molecular weight excluding hydrogens is 216 g/mol. The van der Waals surface area contributed by atoms with Crippen LogP contribution in [0.15, 0.2) is 0 Å². The van der Waals surface area contributed by atoms with Crippen LogP contribution in [0.5, 0.6) is 0 Å². The molecule has 0 aromatic rings. The Balaban J connectivity index is 3.12. The molecule has 0 fully saturated rings. The van der Waals surface area contributed by atoms with Crippen LogP contribution in [-0.2, 0) is 4.74 Å². The monoisotopic (exact) mass is 244 g/mol. The molecule has 0 unspecified atom stereocenters. The summed E-state index contributed by atoms with van der Waals surface area (Å²) < 4.78 is 5.53. The number of rotatable bonds is 11. The molecule has 2 heteroatoms. The van der Waals surface area contributed by atoms with Crippen LogP contribution in [0, 0.1) is 0 Å². The van der Waals surface area contributed by atoms with Crippen molar-refractivity contribution in [3.05, 3.63) is 0 Å². The molecule has 0 spiro atoms. The van der Waals surface area contributed by atoms with Crippen LogP contribution in [0.4, 0.5) is 0 Å². The number of unbranched alkanes of at least 4 members (excludes halogenated alkanes) is 7. The van der Waals surface area contributed by atoms with Crippen molar-refractivity contribution >= 4 is 17.3 Å². The van der Waals surface area contributed by atoms with Crippen molar-refractivity contribution in [3.8, 4) is 0 Å². The van der Waals surface area contributed by atoms with E-state index in [1.54, 1.807) is 0 Å². The van der Waals surface area contributed by atoms with E-state index in [9.17, 15) is 0 Å². The minimum atomic E-state index is 0.827. The summed E-state index contributed by atoms with van der Waals surface area (Å²) in [6.07, 6.45) is 12.5. The lowest BCUT2D eigenvalue weighted by Crippen LogP contribution is -2.03. The van der Waals surface area contributed by atoms with Crippen LogP contribution in [-0.4, -0.2) is 11.7 Å². The summed E-state index contributed by atoms with van der Waals surface area (Å²) in [6, 6.07) is 0. The Morgan fingerprint density at radius 2 is 1.38 bits per heavy atom. The molecule has 0 amide bonds. The predicted molar refractivity (Wildman–Crippen MR) is 76.1 cm³/mol. The molecule has 0 radical (unpaired) electrons.